The summed E-state index contributed by atoms with van der Waals surface area (Å²) in [6.45, 7) is 11.4. The van der Waals surface area contributed by atoms with Gasteiger partial charge in [-0.25, -0.2) is 0 Å². The van der Waals surface area contributed by atoms with Gasteiger partial charge in [0, 0.05) is 45.3 Å². The maximum atomic E-state index is 11.1. The Kier molecular flexibility index (Phi) is 13.3. The lowest BCUT2D eigenvalue weighted by Gasteiger charge is -2.33. The molecule has 0 aliphatic rings. The van der Waals surface area contributed by atoms with E-state index in [1.165, 1.54) is 11.1 Å². The lowest BCUT2D eigenvalue weighted by atomic mass is 9.83. The van der Waals surface area contributed by atoms with E-state index < -0.39 is 6.10 Å². The Morgan fingerprint density at radius 1 is 0.917 bits per heavy atom. The highest BCUT2D eigenvalue weighted by molar-refractivity contribution is 5.43. The van der Waals surface area contributed by atoms with E-state index in [9.17, 15) is 5.11 Å². The molecule has 0 amide bonds. The minimum Gasteiger partial charge on any atom is -0.493 e. The molecule has 3 atom stereocenters. The van der Waals surface area contributed by atoms with Crippen LogP contribution in [0.5, 0.6) is 11.5 Å². The predicted molar refractivity (Wildman–Crippen MR) is 148 cm³/mol. The Hall–Kier alpha value is -2.12. The van der Waals surface area contributed by atoms with Gasteiger partial charge in [-0.1, -0.05) is 50.2 Å². The second kappa shape index (κ2) is 15.9. The normalized spacial score (nSPS) is 14.3. The van der Waals surface area contributed by atoms with Crippen molar-refractivity contribution < 1.29 is 19.3 Å². The Balaban J connectivity index is 2.02. The van der Waals surface area contributed by atoms with Crippen molar-refractivity contribution in [2.24, 2.45) is 17.6 Å². The van der Waals surface area contributed by atoms with Gasteiger partial charge in [-0.15, -0.1) is 0 Å². The van der Waals surface area contributed by atoms with Gasteiger partial charge in [0.1, 0.15) is 0 Å². The maximum absolute atomic E-state index is 11.1. The third kappa shape index (κ3) is 10.1. The predicted octanol–water partition coefficient (Wildman–Crippen LogP) is 4.91. The number of aliphatic hydroxyl groups excluding tert-OH is 1. The van der Waals surface area contributed by atoms with Crippen molar-refractivity contribution in [3.63, 3.8) is 0 Å². The average Bonchev–Trinajstić information content (AvgIpc) is 2.86. The van der Waals surface area contributed by atoms with Crippen molar-refractivity contribution in [3.05, 3.63) is 59.7 Å². The van der Waals surface area contributed by atoms with Crippen molar-refractivity contribution in [1.29, 1.82) is 0 Å². The summed E-state index contributed by atoms with van der Waals surface area (Å²) >= 11 is 0. The lowest BCUT2D eigenvalue weighted by molar-refractivity contribution is 0.0639. The van der Waals surface area contributed by atoms with Crippen molar-refractivity contribution in [2.45, 2.75) is 71.7 Å². The minimum atomic E-state index is -0.590. The van der Waals surface area contributed by atoms with Crippen LogP contribution < -0.4 is 15.2 Å². The molecule has 6 nitrogen and oxygen atoms in total. The van der Waals surface area contributed by atoms with Crippen LogP contribution in [0.4, 0.5) is 0 Å². The van der Waals surface area contributed by atoms with Gasteiger partial charge in [0.25, 0.3) is 0 Å². The highest BCUT2D eigenvalue weighted by Crippen LogP contribution is 2.31. The summed E-state index contributed by atoms with van der Waals surface area (Å²) in [6.07, 6.45) is 1.86. The van der Waals surface area contributed by atoms with E-state index in [2.05, 4.69) is 69.0 Å². The third-order valence-electron chi connectivity index (χ3n) is 6.87. The van der Waals surface area contributed by atoms with E-state index in [4.69, 9.17) is 19.9 Å². The van der Waals surface area contributed by atoms with Gasteiger partial charge < -0.3 is 25.1 Å². The van der Waals surface area contributed by atoms with E-state index in [0.717, 1.165) is 37.3 Å². The lowest BCUT2D eigenvalue weighted by Crippen LogP contribution is -2.46. The molecule has 0 saturated heterocycles. The van der Waals surface area contributed by atoms with Crippen molar-refractivity contribution in [3.8, 4) is 11.5 Å². The summed E-state index contributed by atoms with van der Waals surface area (Å²) in [4.78, 5) is 2.29. The van der Waals surface area contributed by atoms with Crippen molar-refractivity contribution in [2.75, 3.05) is 34.0 Å². The van der Waals surface area contributed by atoms with Gasteiger partial charge in [0.2, 0.25) is 0 Å². The average molecular weight is 501 g/mol. The molecule has 0 spiro atoms. The first-order valence-electron chi connectivity index (χ1n) is 13.2. The number of nitrogens with zero attached hydrogens (tertiary/aromatic N) is 1. The van der Waals surface area contributed by atoms with E-state index in [1.807, 2.05) is 12.1 Å². The topological polar surface area (TPSA) is 77.2 Å². The summed E-state index contributed by atoms with van der Waals surface area (Å²) in [6, 6.07) is 16.5. The number of benzene rings is 2. The van der Waals surface area contributed by atoms with Crippen LogP contribution in [-0.2, 0) is 17.7 Å². The van der Waals surface area contributed by atoms with Crippen molar-refractivity contribution >= 4 is 0 Å². The van der Waals surface area contributed by atoms with Gasteiger partial charge in [-0.05, 0) is 61.8 Å². The smallest absolute Gasteiger partial charge is 0.161 e. The molecular weight excluding hydrogens is 452 g/mol. The first-order valence-corrected chi connectivity index (χ1v) is 13.2. The first kappa shape index (κ1) is 30.1. The Morgan fingerprint density at radius 2 is 1.64 bits per heavy atom. The number of methoxy groups -OCH3 is 2. The van der Waals surface area contributed by atoms with Crippen LogP contribution in [0, 0.1) is 11.8 Å². The third-order valence-corrected chi connectivity index (χ3v) is 6.87. The summed E-state index contributed by atoms with van der Waals surface area (Å²) in [5.41, 5.74) is 9.02. The standard InChI is InChI=1S/C30H48N2O4/c1-22(2)26(17-25-13-14-29(35-6)30(18-25)36-16-10-15-34-5)19-27(31)28(33)21-32(23(3)4)20-24-11-8-7-9-12-24/h7-9,11-14,18,22-23,26-28,33H,10,15-17,19-21,31H2,1-6H3/t26-,27-,28-/m0/s1. The summed E-state index contributed by atoms with van der Waals surface area (Å²) in [5.74, 6) is 2.26. The quantitative estimate of drug-likeness (QED) is 0.301. The van der Waals surface area contributed by atoms with E-state index in [1.54, 1.807) is 14.2 Å². The maximum Gasteiger partial charge on any atom is 0.161 e. The highest BCUT2D eigenvalue weighted by Gasteiger charge is 2.25. The number of nitrogens with two attached hydrogens (primary N) is 1. The molecule has 2 rings (SSSR count). The number of hydrogen-bond donors (Lipinski definition) is 2. The molecule has 0 unspecified atom stereocenters. The highest BCUT2D eigenvalue weighted by atomic mass is 16.5. The Morgan fingerprint density at radius 3 is 2.25 bits per heavy atom. The molecule has 0 saturated carbocycles. The van der Waals surface area contributed by atoms with Crippen LogP contribution in [0.15, 0.2) is 48.5 Å². The van der Waals surface area contributed by atoms with Gasteiger partial charge in [-0.2, -0.15) is 0 Å². The second-order valence-electron chi connectivity index (χ2n) is 10.4. The fraction of sp³-hybridized carbons (Fsp3) is 0.600. The van der Waals surface area contributed by atoms with Crippen LogP contribution in [0.2, 0.25) is 0 Å². The molecule has 0 heterocycles. The fourth-order valence-electron chi connectivity index (χ4n) is 4.40. The molecule has 0 fully saturated rings. The van der Waals surface area contributed by atoms with Crippen molar-refractivity contribution in [1.82, 2.24) is 4.90 Å². The Labute approximate surface area is 218 Å². The molecule has 0 aliphatic heterocycles. The van der Waals surface area contributed by atoms with Crippen LogP contribution in [0.25, 0.3) is 0 Å². The molecule has 0 bridgehead atoms. The molecule has 36 heavy (non-hydrogen) atoms. The Bertz CT molecular complexity index is 859. The van der Waals surface area contributed by atoms with Crippen LogP contribution in [0.1, 0.15) is 51.7 Å². The molecule has 6 heteroatoms. The van der Waals surface area contributed by atoms with Crippen LogP contribution >= 0.6 is 0 Å². The second-order valence-corrected chi connectivity index (χ2v) is 10.4. The number of ether oxygens (including phenoxy) is 3. The molecule has 3 N–H and O–H groups in total. The number of aliphatic hydroxyl groups is 1. The monoisotopic (exact) mass is 500 g/mol. The molecule has 0 aromatic heterocycles. The summed E-state index contributed by atoms with van der Waals surface area (Å²) in [7, 11) is 3.35. The van der Waals surface area contributed by atoms with Gasteiger partial charge in [-0.3, -0.25) is 4.90 Å². The molecule has 202 valence electrons. The number of hydrogen-bond acceptors (Lipinski definition) is 6. The molecule has 0 radical (unpaired) electrons. The summed E-state index contributed by atoms with van der Waals surface area (Å²) in [5, 5.41) is 11.1. The van der Waals surface area contributed by atoms with Gasteiger partial charge in [0.05, 0.1) is 19.8 Å². The van der Waals surface area contributed by atoms with Gasteiger partial charge in [0.15, 0.2) is 11.5 Å². The van der Waals surface area contributed by atoms with Crippen LogP contribution in [0.3, 0.4) is 0 Å². The largest absolute Gasteiger partial charge is 0.493 e. The summed E-state index contributed by atoms with van der Waals surface area (Å²) < 4.78 is 16.6. The molecule has 2 aromatic rings. The zero-order valence-corrected chi connectivity index (χ0v) is 23.2. The van der Waals surface area contributed by atoms with Gasteiger partial charge >= 0.3 is 0 Å². The SMILES string of the molecule is COCCCOc1cc(C[C@@H](C[C@H](N)[C@@H](O)CN(Cc2ccccc2)C(C)C)C(C)C)ccc1OC. The van der Waals surface area contributed by atoms with E-state index in [-0.39, 0.29) is 6.04 Å². The van der Waals surface area contributed by atoms with E-state index in [0.29, 0.717) is 37.6 Å². The fourth-order valence-corrected chi connectivity index (χ4v) is 4.40. The zero-order chi connectivity index (χ0) is 26.5. The first-order chi connectivity index (χ1) is 17.2. The van der Waals surface area contributed by atoms with Crippen LogP contribution in [-0.4, -0.2) is 62.2 Å². The molecule has 2 aromatic carbocycles. The zero-order valence-electron chi connectivity index (χ0n) is 23.2. The van der Waals surface area contributed by atoms with E-state index >= 15 is 0 Å². The minimum absolute atomic E-state index is 0.294. The molecule has 0 aliphatic carbocycles. The number of rotatable bonds is 17. The molecular formula is C30H48N2O4.